The summed E-state index contributed by atoms with van der Waals surface area (Å²) in [5, 5.41) is 2.78. The van der Waals surface area contributed by atoms with Crippen LogP contribution in [0.25, 0.3) is 10.4 Å². The van der Waals surface area contributed by atoms with Crippen molar-refractivity contribution in [2.45, 2.75) is 0 Å². The highest BCUT2D eigenvalue weighted by molar-refractivity contribution is 5.94. The van der Waals surface area contributed by atoms with E-state index in [0.717, 1.165) is 15.3 Å². The Hall–Kier alpha value is -2.34. The van der Waals surface area contributed by atoms with Crippen LogP contribution in [0.4, 0.5) is 0 Å². The number of aromatic nitrogens is 2. The first kappa shape index (κ1) is 10.7. The van der Waals surface area contributed by atoms with Crippen LogP contribution < -0.4 is 11.2 Å². The number of carbonyl (C=O) groups excluding carboxylic acids is 1. The molecule has 0 aliphatic heterocycles. The number of hydrogen-bond donors (Lipinski definition) is 0. The van der Waals surface area contributed by atoms with Crippen molar-refractivity contribution in [2.75, 3.05) is 0 Å². The fraction of sp³-hybridized carbons (Fsp3) is 0.286. The normalized spacial score (nSPS) is 9.47. The first-order valence-electron chi connectivity index (χ1n) is 3.85. The summed E-state index contributed by atoms with van der Waals surface area (Å²) in [5.41, 5.74) is 6.37. The lowest BCUT2D eigenvalue weighted by Crippen LogP contribution is -2.39. The number of amides is 1. The van der Waals surface area contributed by atoms with E-state index in [1.54, 1.807) is 0 Å². The van der Waals surface area contributed by atoms with Crippen LogP contribution in [-0.2, 0) is 14.1 Å². The molecule has 15 heavy (non-hydrogen) atoms. The molecule has 8 nitrogen and oxygen atoms in total. The van der Waals surface area contributed by atoms with Gasteiger partial charge in [0.25, 0.3) is 11.5 Å². The highest BCUT2D eigenvalue weighted by Gasteiger charge is 2.12. The Morgan fingerprint density at radius 3 is 2.60 bits per heavy atom. The summed E-state index contributed by atoms with van der Waals surface area (Å²) in [6, 6.07) is 0. The smallest absolute Gasteiger partial charge is 0.303 e. The van der Waals surface area contributed by atoms with Crippen LogP contribution in [0.1, 0.15) is 10.4 Å². The van der Waals surface area contributed by atoms with Gasteiger partial charge in [-0.2, -0.15) is 0 Å². The van der Waals surface area contributed by atoms with Crippen molar-refractivity contribution >= 4 is 5.91 Å². The van der Waals surface area contributed by atoms with E-state index >= 15 is 0 Å². The molecule has 0 aliphatic carbocycles. The van der Waals surface area contributed by atoms with Gasteiger partial charge in [-0.15, -0.1) is 0 Å². The summed E-state index contributed by atoms with van der Waals surface area (Å²) in [6.45, 7) is 0. The van der Waals surface area contributed by atoms with Gasteiger partial charge in [0.2, 0.25) is 0 Å². The van der Waals surface area contributed by atoms with E-state index in [4.69, 9.17) is 5.53 Å². The molecule has 78 valence electrons. The lowest BCUT2D eigenvalue weighted by molar-refractivity contribution is 0.0997. The molecule has 0 radical (unpaired) electrons. The molecule has 0 unspecified atom stereocenters. The Morgan fingerprint density at radius 1 is 1.47 bits per heavy atom. The van der Waals surface area contributed by atoms with Gasteiger partial charge in [-0.3, -0.25) is 14.2 Å². The van der Waals surface area contributed by atoms with Crippen molar-refractivity contribution in [2.24, 2.45) is 19.2 Å². The van der Waals surface area contributed by atoms with Gasteiger partial charge in [-0.25, -0.2) is 4.79 Å². The topological polar surface area (TPSA) is 110 Å². The maximum Gasteiger partial charge on any atom is 0.330 e. The zero-order valence-electron chi connectivity index (χ0n) is 8.04. The lowest BCUT2D eigenvalue weighted by atomic mass is 10.3. The number of rotatable bonds is 1. The van der Waals surface area contributed by atoms with Crippen LogP contribution in [0.5, 0.6) is 0 Å². The zero-order valence-corrected chi connectivity index (χ0v) is 8.04. The van der Waals surface area contributed by atoms with Gasteiger partial charge in [0.15, 0.2) is 0 Å². The summed E-state index contributed by atoms with van der Waals surface area (Å²) < 4.78 is 1.82. The van der Waals surface area contributed by atoms with Crippen LogP contribution >= 0.6 is 0 Å². The largest absolute Gasteiger partial charge is 0.330 e. The molecule has 0 fully saturated rings. The molecule has 0 N–H and O–H groups in total. The van der Waals surface area contributed by atoms with E-state index in [1.165, 1.54) is 14.1 Å². The van der Waals surface area contributed by atoms with E-state index in [1.807, 2.05) is 0 Å². The van der Waals surface area contributed by atoms with Gasteiger partial charge in [0.1, 0.15) is 5.56 Å². The summed E-state index contributed by atoms with van der Waals surface area (Å²) in [6.07, 6.45) is 1.04. The molecule has 1 aromatic heterocycles. The Balaban J connectivity index is 3.60. The fourth-order valence-corrected chi connectivity index (χ4v) is 1.05. The molecule has 0 aliphatic rings. The van der Waals surface area contributed by atoms with Crippen molar-refractivity contribution in [1.82, 2.24) is 9.13 Å². The minimum atomic E-state index is -1.01. The molecule has 1 amide bonds. The highest BCUT2D eigenvalue weighted by atomic mass is 16.2. The third-order valence-corrected chi connectivity index (χ3v) is 1.81. The highest BCUT2D eigenvalue weighted by Crippen LogP contribution is 1.91. The SMILES string of the molecule is Cn1cc(C(=O)N=[N+]=[N-])c(=O)n(C)c1=O. The van der Waals surface area contributed by atoms with Crippen molar-refractivity contribution in [3.8, 4) is 0 Å². The summed E-state index contributed by atoms with van der Waals surface area (Å²) >= 11 is 0. The monoisotopic (exact) mass is 209 g/mol. The van der Waals surface area contributed by atoms with Crippen molar-refractivity contribution < 1.29 is 4.79 Å². The quantitative estimate of drug-likeness (QED) is 0.354. The van der Waals surface area contributed by atoms with E-state index in [2.05, 4.69) is 10.0 Å². The van der Waals surface area contributed by atoms with Gasteiger partial charge >= 0.3 is 5.69 Å². The molecule has 1 aromatic rings. The first-order valence-corrected chi connectivity index (χ1v) is 3.85. The van der Waals surface area contributed by atoms with Gasteiger partial charge < -0.3 is 4.57 Å². The second-order valence-electron chi connectivity index (χ2n) is 2.80. The average molecular weight is 209 g/mol. The number of hydrogen-bond acceptors (Lipinski definition) is 3. The minimum absolute atomic E-state index is 0.336. The molecule has 8 heteroatoms. The second-order valence-corrected chi connectivity index (χ2v) is 2.80. The molecule has 0 saturated heterocycles. The van der Waals surface area contributed by atoms with Crippen molar-refractivity contribution in [3.05, 3.63) is 43.0 Å². The predicted molar refractivity (Wildman–Crippen MR) is 50.4 cm³/mol. The minimum Gasteiger partial charge on any atom is -0.303 e. The molecule has 1 rings (SSSR count). The molecule has 0 bridgehead atoms. The van der Waals surface area contributed by atoms with E-state index in [0.29, 0.717) is 0 Å². The Kier molecular flexibility index (Phi) is 2.72. The average Bonchev–Trinajstić information content (AvgIpc) is 2.20. The van der Waals surface area contributed by atoms with Crippen molar-refractivity contribution in [1.29, 1.82) is 0 Å². The number of nitrogens with zero attached hydrogens (tertiary/aromatic N) is 5. The molecule has 1 heterocycles. The predicted octanol–water partition coefficient (Wildman–Crippen LogP) is -0.466. The van der Waals surface area contributed by atoms with Crippen molar-refractivity contribution in [3.63, 3.8) is 0 Å². The molecule has 0 atom stereocenters. The molecule has 0 saturated carbocycles. The molecule has 0 aromatic carbocycles. The Morgan fingerprint density at radius 2 is 2.07 bits per heavy atom. The van der Waals surface area contributed by atoms with Gasteiger partial charge in [0, 0.05) is 25.2 Å². The fourth-order valence-electron chi connectivity index (χ4n) is 1.05. The summed E-state index contributed by atoms with van der Waals surface area (Å²) in [7, 11) is 2.62. The third-order valence-electron chi connectivity index (χ3n) is 1.81. The van der Waals surface area contributed by atoms with Crippen LogP contribution in [0.2, 0.25) is 0 Å². The van der Waals surface area contributed by atoms with Crippen LogP contribution in [0, 0.1) is 0 Å². The summed E-state index contributed by atoms with van der Waals surface area (Å²) in [5.74, 6) is -1.01. The lowest BCUT2D eigenvalue weighted by Gasteiger charge is -2.02. The van der Waals surface area contributed by atoms with E-state index in [-0.39, 0.29) is 5.56 Å². The standard InChI is InChI=1S/C7H7N5O3/c1-11-3-4(5(13)9-10-8)6(14)12(2)7(11)15/h3H,1-2H3. The maximum atomic E-state index is 11.4. The van der Waals surface area contributed by atoms with Crippen LogP contribution in [-0.4, -0.2) is 15.0 Å². The number of azide groups is 1. The van der Waals surface area contributed by atoms with Gasteiger partial charge in [-0.05, 0) is 10.6 Å². The maximum absolute atomic E-state index is 11.4. The van der Waals surface area contributed by atoms with Gasteiger partial charge in [0.05, 0.1) is 0 Å². The van der Waals surface area contributed by atoms with Gasteiger partial charge in [-0.1, -0.05) is 0 Å². The van der Waals surface area contributed by atoms with E-state index < -0.39 is 17.2 Å². The second kappa shape index (κ2) is 3.81. The zero-order chi connectivity index (χ0) is 11.6. The number of aryl methyl sites for hydroxylation is 1. The van der Waals surface area contributed by atoms with Crippen LogP contribution in [0.15, 0.2) is 20.9 Å². The molecular formula is C7H7N5O3. The molecule has 0 spiro atoms. The Labute approximate surface area is 83.0 Å². The summed E-state index contributed by atoms with van der Waals surface area (Å²) in [4.78, 5) is 36.0. The van der Waals surface area contributed by atoms with E-state index in [9.17, 15) is 14.4 Å². The third kappa shape index (κ3) is 1.79. The Bertz CT molecular complexity index is 575. The number of carbonyl (C=O) groups is 1. The molecular weight excluding hydrogens is 202 g/mol. The van der Waals surface area contributed by atoms with Crippen LogP contribution in [0.3, 0.4) is 0 Å². The first-order chi connectivity index (χ1) is 6.99.